The van der Waals surface area contributed by atoms with E-state index in [0.29, 0.717) is 6.10 Å². The summed E-state index contributed by atoms with van der Waals surface area (Å²) >= 11 is 0. The number of morpholine rings is 1. The molecule has 1 atom stereocenters. The first-order chi connectivity index (χ1) is 8.24. The van der Waals surface area contributed by atoms with Crippen molar-refractivity contribution in [1.29, 1.82) is 0 Å². The Labute approximate surface area is 105 Å². The molecule has 2 aliphatic rings. The Bertz CT molecular complexity index is 211. The van der Waals surface area contributed by atoms with Gasteiger partial charge in [0.1, 0.15) is 0 Å². The van der Waals surface area contributed by atoms with Crippen LogP contribution in [-0.4, -0.2) is 75.9 Å². The van der Waals surface area contributed by atoms with Gasteiger partial charge in [-0.25, -0.2) is 0 Å². The number of likely N-dealkylation sites (N-methyl/N-ethyl adjacent to an activating group) is 1. The van der Waals surface area contributed by atoms with Crippen LogP contribution in [0.25, 0.3) is 0 Å². The minimum atomic E-state index is 0.389. The SMILES string of the molecule is CN1CCC(CN(C)CC2CNCCO2)CC1. The lowest BCUT2D eigenvalue weighted by atomic mass is 9.96. The van der Waals surface area contributed by atoms with E-state index in [9.17, 15) is 0 Å². The van der Waals surface area contributed by atoms with Crippen molar-refractivity contribution in [2.24, 2.45) is 5.92 Å². The van der Waals surface area contributed by atoms with Gasteiger partial charge in [0.25, 0.3) is 0 Å². The molecule has 100 valence electrons. The zero-order chi connectivity index (χ0) is 12.1. The molecule has 0 bridgehead atoms. The van der Waals surface area contributed by atoms with Crippen molar-refractivity contribution in [3.8, 4) is 0 Å². The van der Waals surface area contributed by atoms with Gasteiger partial charge in [-0.1, -0.05) is 0 Å². The minimum Gasteiger partial charge on any atom is -0.374 e. The molecule has 0 radical (unpaired) electrons. The Morgan fingerprint density at radius 2 is 2.06 bits per heavy atom. The van der Waals surface area contributed by atoms with Crippen LogP contribution in [0.5, 0.6) is 0 Å². The van der Waals surface area contributed by atoms with Crippen molar-refractivity contribution >= 4 is 0 Å². The van der Waals surface area contributed by atoms with E-state index >= 15 is 0 Å². The molecule has 2 aliphatic heterocycles. The number of nitrogens with one attached hydrogen (secondary N) is 1. The number of hydrogen-bond donors (Lipinski definition) is 1. The average Bonchev–Trinajstić information content (AvgIpc) is 2.33. The normalized spacial score (nSPS) is 28.8. The van der Waals surface area contributed by atoms with Crippen molar-refractivity contribution in [1.82, 2.24) is 15.1 Å². The number of piperidine rings is 1. The number of rotatable bonds is 4. The first-order valence-electron chi connectivity index (χ1n) is 6.93. The van der Waals surface area contributed by atoms with Crippen LogP contribution in [0.15, 0.2) is 0 Å². The van der Waals surface area contributed by atoms with Crippen LogP contribution in [0.4, 0.5) is 0 Å². The van der Waals surface area contributed by atoms with E-state index in [1.165, 1.54) is 32.5 Å². The monoisotopic (exact) mass is 241 g/mol. The van der Waals surface area contributed by atoms with Crippen molar-refractivity contribution < 1.29 is 4.74 Å². The molecule has 0 aliphatic carbocycles. The molecule has 4 nitrogen and oxygen atoms in total. The van der Waals surface area contributed by atoms with E-state index in [1.54, 1.807) is 0 Å². The molecular formula is C13H27N3O. The van der Waals surface area contributed by atoms with E-state index in [4.69, 9.17) is 4.74 Å². The summed E-state index contributed by atoms with van der Waals surface area (Å²) in [5.74, 6) is 0.882. The Kier molecular flexibility index (Phi) is 5.22. The zero-order valence-corrected chi connectivity index (χ0v) is 11.3. The third kappa shape index (κ3) is 4.54. The highest BCUT2D eigenvalue weighted by Crippen LogP contribution is 2.17. The molecule has 0 aromatic heterocycles. The van der Waals surface area contributed by atoms with Gasteiger partial charge >= 0.3 is 0 Å². The molecule has 2 heterocycles. The van der Waals surface area contributed by atoms with Crippen LogP contribution in [0.1, 0.15) is 12.8 Å². The van der Waals surface area contributed by atoms with Gasteiger partial charge in [0, 0.05) is 26.2 Å². The molecule has 0 saturated carbocycles. The van der Waals surface area contributed by atoms with Crippen molar-refractivity contribution in [2.75, 3.05) is 60.0 Å². The highest BCUT2D eigenvalue weighted by atomic mass is 16.5. The maximum atomic E-state index is 5.74. The van der Waals surface area contributed by atoms with E-state index in [2.05, 4.69) is 29.2 Å². The number of ether oxygens (including phenoxy) is 1. The maximum absolute atomic E-state index is 5.74. The lowest BCUT2D eigenvalue weighted by Crippen LogP contribution is -2.45. The van der Waals surface area contributed by atoms with Gasteiger partial charge < -0.3 is 19.9 Å². The third-order valence-corrected chi connectivity index (χ3v) is 3.93. The second-order valence-electron chi connectivity index (χ2n) is 5.66. The fraction of sp³-hybridized carbons (Fsp3) is 1.00. The Morgan fingerprint density at radius 3 is 2.71 bits per heavy atom. The Hall–Kier alpha value is -0.160. The van der Waals surface area contributed by atoms with Crippen LogP contribution in [-0.2, 0) is 4.74 Å². The van der Waals surface area contributed by atoms with Crippen molar-refractivity contribution in [2.45, 2.75) is 18.9 Å². The van der Waals surface area contributed by atoms with Crippen molar-refractivity contribution in [3.63, 3.8) is 0 Å². The number of hydrogen-bond acceptors (Lipinski definition) is 4. The third-order valence-electron chi connectivity index (χ3n) is 3.93. The molecule has 0 aromatic rings. The van der Waals surface area contributed by atoms with Gasteiger partial charge in [0.05, 0.1) is 12.7 Å². The summed E-state index contributed by atoms with van der Waals surface area (Å²) in [4.78, 5) is 4.89. The first kappa shape index (κ1) is 13.3. The summed E-state index contributed by atoms with van der Waals surface area (Å²) in [5, 5.41) is 3.39. The summed E-state index contributed by atoms with van der Waals surface area (Å²) in [7, 11) is 4.46. The predicted molar refractivity (Wildman–Crippen MR) is 70.3 cm³/mol. The summed E-state index contributed by atoms with van der Waals surface area (Å²) < 4.78 is 5.74. The van der Waals surface area contributed by atoms with Gasteiger partial charge in [0.2, 0.25) is 0 Å². The van der Waals surface area contributed by atoms with E-state index in [-0.39, 0.29) is 0 Å². The quantitative estimate of drug-likeness (QED) is 0.763. The zero-order valence-electron chi connectivity index (χ0n) is 11.3. The number of likely N-dealkylation sites (tertiary alicyclic amines) is 1. The Morgan fingerprint density at radius 1 is 1.29 bits per heavy atom. The predicted octanol–water partition coefficient (Wildman–Crippen LogP) is 0.248. The topological polar surface area (TPSA) is 27.7 Å². The molecule has 2 fully saturated rings. The number of nitrogens with zero attached hydrogens (tertiary/aromatic N) is 2. The molecule has 0 amide bonds. The molecule has 0 spiro atoms. The van der Waals surface area contributed by atoms with E-state index < -0.39 is 0 Å². The van der Waals surface area contributed by atoms with Gasteiger partial charge in [-0.15, -0.1) is 0 Å². The summed E-state index contributed by atoms with van der Waals surface area (Å²) in [6.07, 6.45) is 3.09. The van der Waals surface area contributed by atoms with Crippen LogP contribution in [0.3, 0.4) is 0 Å². The largest absolute Gasteiger partial charge is 0.374 e. The first-order valence-corrected chi connectivity index (χ1v) is 6.93. The molecule has 1 N–H and O–H groups in total. The fourth-order valence-electron chi connectivity index (χ4n) is 2.84. The summed E-state index contributed by atoms with van der Waals surface area (Å²) in [5.41, 5.74) is 0. The minimum absolute atomic E-state index is 0.389. The summed E-state index contributed by atoms with van der Waals surface area (Å²) in [6, 6.07) is 0. The second-order valence-corrected chi connectivity index (χ2v) is 5.66. The van der Waals surface area contributed by atoms with Gasteiger partial charge in [-0.2, -0.15) is 0 Å². The van der Waals surface area contributed by atoms with Crippen LogP contribution < -0.4 is 5.32 Å². The van der Waals surface area contributed by atoms with E-state index in [1.807, 2.05) is 0 Å². The summed E-state index contributed by atoms with van der Waals surface area (Å²) in [6.45, 7) is 7.71. The molecule has 2 rings (SSSR count). The fourth-order valence-corrected chi connectivity index (χ4v) is 2.84. The molecule has 2 saturated heterocycles. The van der Waals surface area contributed by atoms with Crippen LogP contribution in [0, 0.1) is 5.92 Å². The van der Waals surface area contributed by atoms with Crippen molar-refractivity contribution in [3.05, 3.63) is 0 Å². The second kappa shape index (κ2) is 6.69. The maximum Gasteiger partial charge on any atom is 0.0826 e. The average molecular weight is 241 g/mol. The standard InChI is InChI=1S/C13H27N3O/c1-15-6-3-12(4-7-15)10-16(2)11-13-9-14-5-8-17-13/h12-14H,3-11H2,1-2H3. The Balaban J connectivity index is 1.64. The van der Waals surface area contributed by atoms with Crippen LogP contribution >= 0.6 is 0 Å². The van der Waals surface area contributed by atoms with Gasteiger partial charge in [-0.3, -0.25) is 0 Å². The molecule has 17 heavy (non-hydrogen) atoms. The molecular weight excluding hydrogens is 214 g/mol. The smallest absolute Gasteiger partial charge is 0.0826 e. The molecule has 4 heteroatoms. The lowest BCUT2D eigenvalue weighted by Gasteiger charge is -2.33. The molecule has 0 aromatic carbocycles. The van der Waals surface area contributed by atoms with Crippen LogP contribution in [0.2, 0.25) is 0 Å². The highest BCUT2D eigenvalue weighted by molar-refractivity contribution is 4.75. The van der Waals surface area contributed by atoms with Gasteiger partial charge in [-0.05, 0) is 45.9 Å². The highest BCUT2D eigenvalue weighted by Gasteiger charge is 2.20. The van der Waals surface area contributed by atoms with E-state index in [0.717, 1.165) is 32.2 Å². The molecule has 1 unspecified atom stereocenters. The van der Waals surface area contributed by atoms with Gasteiger partial charge in [0.15, 0.2) is 0 Å². The lowest BCUT2D eigenvalue weighted by molar-refractivity contribution is 0.00632.